The van der Waals surface area contributed by atoms with Crippen LogP contribution in [0.3, 0.4) is 0 Å². The van der Waals surface area contributed by atoms with Gasteiger partial charge in [-0.1, -0.05) is 0 Å². The average molecular weight is 267 g/mol. The molecule has 0 saturated heterocycles. The van der Waals surface area contributed by atoms with Crippen LogP contribution >= 0.6 is 0 Å². The van der Waals surface area contributed by atoms with Gasteiger partial charge in [0.05, 0.1) is 7.11 Å². The Balaban J connectivity index is 2.43. The second kappa shape index (κ2) is 8.10. The Morgan fingerprint density at radius 2 is 1.84 bits per heavy atom. The fraction of sp³-hybridized carbons (Fsp3) is 0.385. The molecule has 0 aliphatic heterocycles. The minimum atomic E-state index is -0.450. The van der Waals surface area contributed by atoms with Crippen LogP contribution in [0.5, 0.6) is 5.75 Å². The summed E-state index contributed by atoms with van der Waals surface area (Å²) in [5.41, 5.74) is 0.634. The first-order valence-corrected chi connectivity index (χ1v) is 5.83. The molecule has 1 amide bonds. The minimum Gasteiger partial charge on any atom is -0.482 e. The SMILES string of the molecule is CCOCC(=O)Nc1ccc(OCC(=O)OC)cc1. The number of methoxy groups -OCH3 is 1. The monoisotopic (exact) mass is 267 g/mol. The molecule has 0 unspecified atom stereocenters. The van der Waals surface area contributed by atoms with Crippen LogP contribution in [0.15, 0.2) is 24.3 Å². The Bertz CT molecular complexity index is 416. The third kappa shape index (κ3) is 5.87. The number of hydrogen-bond acceptors (Lipinski definition) is 5. The molecule has 0 aliphatic carbocycles. The second-order valence-corrected chi connectivity index (χ2v) is 3.57. The molecule has 0 aliphatic rings. The summed E-state index contributed by atoms with van der Waals surface area (Å²) in [6, 6.07) is 6.66. The van der Waals surface area contributed by atoms with E-state index in [1.54, 1.807) is 24.3 Å². The van der Waals surface area contributed by atoms with Crippen molar-refractivity contribution in [2.24, 2.45) is 0 Å². The highest BCUT2D eigenvalue weighted by Crippen LogP contribution is 2.15. The van der Waals surface area contributed by atoms with Crippen molar-refractivity contribution < 1.29 is 23.8 Å². The van der Waals surface area contributed by atoms with Gasteiger partial charge in [0.1, 0.15) is 12.4 Å². The van der Waals surface area contributed by atoms with E-state index in [0.717, 1.165) is 0 Å². The van der Waals surface area contributed by atoms with Crippen molar-refractivity contribution in [2.75, 3.05) is 32.2 Å². The van der Waals surface area contributed by atoms with Crippen LogP contribution in [-0.4, -0.2) is 38.8 Å². The lowest BCUT2D eigenvalue weighted by molar-refractivity contribution is -0.142. The Hall–Kier alpha value is -2.08. The molecule has 6 heteroatoms. The molecule has 6 nitrogen and oxygen atoms in total. The van der Waals surface area contributed by atoms with Crippen LogP contribution < -0.4 is 10.1 Å². The molecule has 1 aromatic rings. The maximum atomic E-state index is 11.4. The molecule has 0 radical (unpaired) electrons. The van der Waals surface area contributed by atoms with Crippen LogP contribution in [0.1, 0.15) is 6.92 Å². The summed E-state index contributed by atoms with van der Waals surface area (Å²) in [4.78, 5) is 22.3. The molecule has 0 bridgehead atoms. The predicted molar refractivity (Wildman–Crippen MR) is 69.1 cm³/mol. The molecule has 19 heavy (non-hydrogen) atoms. The number of ether oxygens (including phenoxy) is 3. The number of benzene rings is 1. The predicted octanol–water partition coefficient (Wildman–Crippen LogP) is 1.21. The second-order valence-electron chi connectivity index (χ2n) is 3.57. The van der Waals surface area contributed by atoms with Gasteiger partial charge >= 0.3 is 5.97 Å². The average Bonchev–Trinajstić information content (AvgIpc) is 2.44. The maximum Gasteiger partial charge on any atom is 0.343 e. The quantitative estimate of drug-likeness (QED) is 0.752. The standard InChI is InChI=1S/C13H17NO5/c1-3-18-8-12(15)14-10-4-6-11(7-5-10)19-9-13(16)17-2/h4-7H,3,8-9H2,1-2H3,(H,14,15). The van der Waals surface area contributed by atoms with Gasteiger partial charge in [0, 0.05) is 12.3 Å². The van der Waals surface area contributed by atoms with E-state index in [4.69, 9.17) is 9.47 Å². The van der Waals surface area contributed by atoms with Crippen LogP contribution in [0.2, 0.25) is 0 Å². The van der Waals surface area contributed by atoms with Crippen molar-refractivity contribution in [3.63, 3.8) is 0 Å². The van der Waals surface area contributed by atoms with E-state index in [0.29, 0.717) is 18.0 Å². The Morgan fingerprint density at radius 3 is 2.42 bits per heavy atom. The van der Waals surface area contributed by atoms with E-state index in [-0.39, 0.29) is 19.1 Å². The molecule has 0 atom stereocenters. The highest BCUT2D eigenvalue weighted by atomic mass is 16.6. The summed E-state index contributed by atoms with van der Waals surface area (Å²) in [5, 5.41) is 2.67. The van der Waals surface area contributed by atoms with E-state index in [1.807, 2.05) is 6.92 Å². The van der Waals surface area contributed by atoms with Crippen molar-refractivity contribution in [2.45, 2.75) is 6.92 Å². The maximum absolute atomic E-state index is 11.4. The van der Waals surface area contributed by atoms with Gasteiger partial charge in [-0.25, -0.2) is 4.79 Å². The third-order valence-electron chi connectivity index (χ3n) is 2.16. The summed E-state index contributed by atoms with van der Waals surface area (Å²) >= 11 is 0. The summed E-state index contributed by atoms with van der Waals surface area (Å²) in [6.45, 7) is 2.19. The van der Waals surface area contributed by atoms with Crippen LogP contribution in [-0.2, 0) is 19.1 Å². The molecule has 104 valence electrons. The lowest BCUT2D eigenvalue weighted by Gasteiger charge is -2.07. The number of anilines is 1. The smallest absolute Gasteiger partial charge is 0.343 e. The Labute approximate surface area is 111 Å². The molecule has 0 spiro atoms. The number of hydrogen-bond donors (Lipinski definition) is 1. The lowest BCUT2D eigenvalue weighted by atomic mass is 10.3. The minimum absolute atomic E-state index is 0.0249. The van der Waals surface area contributed by atoms with E-state index in [1.165, 1.54) is 7.11 Å². The van der Waals surface area contributed by atoms with E-state index >= 15 is 0 Å². The lowest BCUT2D eigenvalue weighted by Crippen LogP contribution is -2.18. The van der Waals surface area contributed by atoms with Gasteiger partial charge in [0.25, 0.3) is 0 Å². The number of carbonyl (C=O) groups is 2. The zero-order valence-electron chi connectivity index (χ0n) is 11.0. The number of nitrogens with one attached hydrogen (secondary N) is 1. The van der Waals surface area contributed by atoms with Crippen molar-refractivity contribution in [1.82, 2.24) is 0 Å². The van der Waals surface area contributed by atoms with Crippen molar-refractivity contribution >= 4 is 17.6 Å². The van der Waals surface area contributed by atoms with Gasteiger partial charge in [-0.05, 0) is 31.2 Å². The van der Waals surface area contributed by atoms with Gasteiger partial charge in [0.2, 0.25) is 5.91 Å². The largest absolute Gasteiger partial charge is 0.482 e. The van der Waals surface area contributed by atoms with Crippen molar-refractivity contribution in [1.29, 1.82) is 0 Å². The Morgan fingerprint density at radius 1 is 1.16 bits per heavy atom. The molecular weight excluding hydrogens is 250 g/mol. The first kappa shape index (κ1) is 15.0. The Kier molecular flexibility index (Phi) is 6.38. The molecule has 1 N–H and O–H groups in total. The molecule has 0 saturated carbocycles. The molecule has 1 aromatic carbocycles. The molecule has 1 rings (SSSR count). The fourth-order valence-electron chi connectivity index (χ4n) is 1.23. The number of esters is 1. The van der Waals surface area contributed by atoms with Gasteiger partial charge in [-0.3, -0.25) is 4.79 Å². The molecular formula is C13H17NO5. The van der Waals surface area contributed by atoms with E-state index < -0.39 is 5.97 Å². The van der Waals surface area contributed by atoms with Crippen LogP contribution in [0, 0.1) is 0 Å². The first-order chi connectivity index (χ1) is 9.15. The van der Waals surface area contributed by atoms with Crippen LogP contribution in [0.4, 0.5) is 5.69 Å². The van der Waals surface area contributed by atoms with E-state index in [2.05, 4.69) is 10.1 Å². The topological polar surface area (TPSA) is 73.9 Å². The molecule has 0 heterocycles. The van der Waals surface area contributed by atoms with Crippen molar-refractivity contribution in [3.8, 4) is 5.75 Å². The van der Waals surface area contributed by atoms with Gasteiger partial charge < -0.3 is 19.5 Å². The summed E-state index contributed by atoms with van der Waals surface area (Å²) in [5.74, 6) is -0.146. The number of amides is 1. The summed E-state index contributed by atoms with van der Waals surface area (Å²) in [6.07, 6.45) is 0. The zero-order chi connectivity index (χ0) is 14.1. The zero-order valence-corrected chi connectivity index (χ0v) is 11.0. The van der Waals surface area contributed by atoms with Gasteiger partial charge in [-0.2, -0.15) is 0 Å². The third-order valence-corrected chi connectivity index (χ3v) is 2.16. The normalized spacial score (nSPS) is 9.79. The van der Waals surface area contributed by atoms with Crippen molar-refractivity contribution in [3.05, 3.63) is 24.3 Å². The fourth-order valence-corrected chi connectivity index (χ4v) is 1.23. The highest BCUT2D eigenvalue weighted by Gasteiger charge is 2.04. The molecule has 0 aromatic heterocycles. The van der Waals surface area contributed by atoms with Gasteiger partial charge in [0.15, 0.2) is 6.61 Å². The first-order valence-electron chi connectivity index (χ1n) is 5.83. The number of carbonyl (C=O) groups excluding carboxylic acids is 2. The summed E-state index contributed by atoms with van der Waals surface area (Å²) < 4.78 is 14.6. The van der Waals surface area contributed by atoms with E-state index in [9.17, 15) is 9.59 Å². The highest BCUT2D eigenvalue weighted by molar-refractivity contribution is 5.91. The summed E-state index contributed by atoms with van der Waals surface area (Å²) in [7, 11) is 1.29. The molecule has 0 fully saturated rings. The van der Waals surface area contributed by atoms with Gasteiger partial charge in [-0.15, -0.1) is 0 Å². The van der Waals surface area contributed by atoms with Crippen LogP contribution in [0.25, 0.3) is 0 Å². The number of rotatable bonds is 7.